The lowest BCUT2D eigenvalue weighted by molar-refractivity contribution is 0.0996. The highest BCUT2D eigenvalue weighted by Gasteiger charge is 2.14. The number of amides is 1. The molecule has 2 rings (SSSR count). The van der Waals surface area contributed by atoms with Crippen molar-refractivity contribution in [2.24, 2.45) is 0 Å². The molecule has 0 saturated heterocycles. The maximum absolute atomic E-state index is 13.0. The molecule has 0 aliphatic carbocycles. The van der Waals surface area contributed by atoms with Gasteiger partial charge in [0, 0.05) is 11.4 Å². The Hall–Kier alpha value is -2.37. The largest absolute Gasteiger partial charge is 0.438 e. The number of nitrogens with two attached hydrogens (primary N) is 1. The predicted octanol–water partition coefficient (Wildman–Crippen LogP) is 1.96. The first-order chi connectivity index (χ1) is 8.06. The zero-order chi connectivity index (χ0) is 12.4. The van der Waals surface area contributed by atoms with Crippen LogP contribution in [0.2, 0.25) is 0 Å². The molecule has 0 unspecified atom stereocenters. The third kappa shape index (κ3) is 2.41. The zero-order valence-corrected chi connectivity index (χ0v) is 9.03. The van der Waals surface area contributed by atoms with Crippen LogP contribution < -0.4 is 11.1 Å². The second-order valence-electron chi connectivity index (χ2n) is 3.49. The Morgan fingerprint density at radius 1 is 1.47 bits per heavy atom. The van der Waals surface area contributed by atoms with E-state index in [1.54, 1.807) is 6.92 Å². The number of carbonyl (C=O) groups is 1. The number of rotatable bonds is 2. The van der Waals surface area contributed by atoms with Crippen LogP contribution in [0.25, 0.3) is 0 Å². The number of aryl methyl sites for hydroxylation is 1. The first-order valence-corrected chi connectivity index (χ1v) is 4.84. The second kappa shape index (κ2) is 4.25. The summed E-state index contributed by atoms with van der Waals surface area (Å²) in [7, 11) is 0. The molecule has 6 heteroatoms. The smallest absolute Gasteiger partial charge is 0.293 e. The van der Waals surface area contributed by atoms with Crippen LogP contribution in [-0.4, -0.2) is 10.9 Å². The highest BCUT2D eigenvalue weighted by atomic mass is 19.1. The van der Waals surface area contributed by atoms with Crippen molar-refractivity contribution < 1.29 is 13.6 Å². The monoisotopic (exact) mass is 235 g/mol. The number of carbonyl (C=O) groups excluding carboxylic acids is 1. The summed E-state index contributed by atoms with van der Waals surface area (Å²) in [4.78, 5) is 15.5. The van der Waals surface area contributed by atoms with E-state index in [0.29, 0.717) is 5.69 Å². The molecule has 1 amide bonds. The summed E-state index contributed by atoms with van der Waals surface area (Å²) in [5.74, 6) is -0.924. The average Bonchev–Trinajstić information content (AvgIpc) is 2.62. The summed E-state index contributed by atoms with van der Waals surface area (Å²) in [6, 6.07) is 3.78. The summed E-state index contributed by atoms with van der Waals surface area (Å²) in [5, 5.41) is 2.47. The number of nitrogens with one attached hydrogen (secondary N) is 1. The van der Waals surface area contributed by atoms with E-state index in [1.807, 2.05) is 0 Å². The molecule has 5 nitrogen and oxygen atoms in total. The van der Waals surface area contributed by atoms with Gasteiger partial charge in [-0.05, 0) is 25.1 Å². The molecule has 0 spiro atoms. The quantitative estimate of drug-likeness (QED) is 0.779. The lowest BCUT2D eigenvalue weighted by Gasteiger charge is -2.04. The maximum Gasteiger partial charge on any atom is 0.293 e. The number of oxazole rings is 1. The van der Waals surface area contributed by atoms with Crippen LogP contribution in [0.1, 0.15) is 16.2 Å². The summed E-state index contributed by atoms with van der Waals surface area (Å²) in [6.45, 7) is 1.64. The minimum atomic E-state index is -0.519. The molecule has 0 saturated carbocycles. The van der Waals surface area contributed by atoms with E-state index in [1.165, 1.54) is 18.5 Å². The number of hydrogen-bond acceptors (Lipinski definition) is 4. The number of nitrogen functional groups attached to an aromatic ring is 1. The van der Waals surface area contributed by atoms with Gasteiger partial charge in [-0.1, -0.05) is 0 Å². The first-order valence-electron chi connectivity index (χ1n) is 4.84. The minimum Gasteiger partial charge on any atom is -0.438 e. The van der Waals surface area contributed by atoms with Gasteiger partial charge < -0.3 is 15.5 Å². The van der Waals surface area contributed by atoms with Crippen molar-refractivity contribution in [3.63, 3.8) is 0 Å². The van der Waals surface area contributed by atoms with Gasteiger partial charge in [0.2, 0.25) is 5.76 Å². The molecule has 88 valence electrons. The van der Waals surface area contributed by atoms with Gasteiger partial charge in [0.05, 0.1) is 5.69 Å². The Labute approximate surface area is 96.4 Å². The van der Waals surface area contributed by atoms with Gasteiger partial charge in [-0.3, -0.25) is 4.79 Å². The molecule has 17 heavy (non-hydrogen) atoms. The topological polar surface area (TPSA) is 81.2 Å². The second-order valence-corrected chi connectivity index (χ2v) is 3.49. The SMILES string of the molecule is Cc1ncoc1C(=O)Nc1cc(N)cc(F)c1. The normalized spacial score (nSPS) is 10.2. The fourth-order valence-corrected chi connectivity index (χ4v) is 1.39. The highest BCUT2D eigenvalue weighted by Crippen LogP contribution is 2.17. The van der Waals surface area contributed by atoms with Gasteiger partial charge in [-0.25, -0.2) is 9.37 Å². The van der Waals surface area contributed by atoms with E-state index >= 15 is 0 Å². The Morgan fingerprint density at radius 2 is 2.24 bits per heavy atom. The summed E-state index contributed by atoms with van der Waals surface area (Å²) >= 11 is 0. The van der Waals surface area contributed by atoms with Crippen molar-refractivity contribution in [2.75, 3.05) is 11.1 Å². The van der Waals surface area contributed by atoms with Crippen LogP contribution in [0.5, 0.6) is 0 Å². The lowest BCUT2D eigenvalue weighted by Crippen LogP contribution is -2.12. The van der Waals surface area contributed by atoms with Crippen LogP contribution in [0.4, 0.5) is 15.8 Å². The van der Waals surface area contributed by atoms with Gasteiger partial charge in [-0.2, -0.15) is 0 Å². The molecule has 0 fully saturated rings. The van der Waals surface area contributed by atoms with Crippen LogP contribution in [0.15, 0.2) is 29.0 Å². The fourth-order valence-electron chi connectivity index (χ4n) is 1.39. The molecule has 3 N–H and O–H groups in total. The predicted molar refractivity (Wildman–Crippen MR) is 60.0 cm³/mol. The van der Waals surface area contributed by atoms with E-state index in [2.05, 4.69) is 10.3 Å². The van der Waals surface area contributed by atoms with Gasteiger partial charge in [-0.15, -0.1) is 0 Å². The molecule has 2 aromatic rings. The highest BCUT2D eigenvalue weighted by molar-refractivity contribution is 6.03. The Kier molecular flexibility index (Phi) is 2.78. The van der Waals surface area contributed by atoms with E-state index < -0.39 is 11.7 Å². The van der Waals surface area contributed by atoms with Crippen molar-refractivity contribution in [1.29, 1.82) is 0 Å². The molecule has 0 aliphatic heterocycles. The van der Waals surface area contributed by atoms with Crippen molar-refractivity contribution >= 4 is 17.3 Å². The van der Waals surface area contributed by atoms with Crippen LogP contribution in [0, 0.1) is 12.7 Å². The standard InChI is InChI=1S/C11H10FN3O2/c1-6-10(17-5-14-6)11(16)15-9-3-7(12)2-8(13)4-9/h2-5H,13H2,1H3,(H,15,16). The van der Waals surface area contributed by atoms with Crippen LogP contribution in [0.3, 0.4) is 0 Å². The number of hydrogen-bond donors (Lipinski definition) is 2. The summed E-state index contributed by atoms with van der Waals surface area (Å²) < 4.78 is 17.9. The average molecular weight is 235 g/mol. The van der Waals surface area contributed by atoms with Gasteiger partial charge in [0.1, 0.15) is 5.82 Å². The van der Waals surface area contributed by atoms with Crippen molar-refractivity contribution in [2.45, 2.75) is 6.92 Å². The minimum absolute atomic E-state index is 0.0906. The zero-order valence-electron chi connectivity index (χ0n) is 9.03. The molecular weight excluding hydrogens is 225 g/mol. The molecule has 0 aliphatic rings. The van der Waals surface area contributed by atoms with Crippen LogP contribution in [-0.2, 0) is 0 Å². The number of anilines is 2. The fraction of sp³-hybridized carbons (Fsp3) is 0.0909. The molecule has 0 atom stereocenters. The Bertz CT molecular complexity index is 545. The third-order valence-electron chi connectivity index (χ3n) is 2.13. The van der Waals surface area contributed by atoms with E-state index in [9.17, 15) is 9.18 Å². The Balaban J connectivity index is 2.21. The lowest BCUT2D eigenvalue weighted by atomic mass is 10.2. The van der Waals surface area contributed by atoms with Gasteiger partial charge in [0.15, 0.2) is 6.39 Å². The molecule has 0 radical (unpaired) electrons. The number of benzene rings is 1. The molecule has 1 aromatic heterocycles. The van der Waals surface area contributed by atoms with E-state index in [4.69, 9.17) is 10.2 Å². The maximum atomic E-state index is 13.0. The summed E-state index contributed by atoms with van der Waals surface area (Å²) in [6.07, 6.45) is 1.17. The molecular formula is C11H10FN3O2. The molecule has 1 aromatic carbocycles. The van der Waals surface area contributed by atoms with E-state index in [-0.39, 0.29) is 17.1 Å². The Morgan fingerprint density at radius 3 is 2.82 bits per heavy atom. The van der Waals surface area contributed by atoms with E-state index in [0.717, 1.165) is 6.07 Å². The number of halogens is 1. The molecule has 0 bridgehead atoms. The van der Waals surface area contributed by atoms with Gasteiger partial charge in [0.25, 0.3) is 5.91 Å². The van der Waals surface area contributed by atoms with Crippen molar-refractivity contribution in [1.82, 2.24) is 4.98 Å². The van der Waals surface area contributed by atoms with Gasteiger partial charge >= 0.3 is 0 Å². The van der Waals surface area contributed by atoms with Crippen molar-refractivity contribution in [3.05, 3.63) is 41.9 Å². The van der Waals surface area contributed by atoms with Crippen LogP contribution >= 0.6 is 0 Å². The third-order valence-corrected chi connectivity index (χ3v) is 2.13. The number of nitrogens with zero attached hydrogens (tertiary/aromatic N) is 1. The molecule has 1 heterocycles. The van der Waals surface area contributed by atoms with Crippen molar-refractivity contribution in [3.8, 4) is 0 Å². The number of aromatic nitrogens is 1. The first kappa shape index (κ1) is 11.1. The summed E-state index contributed by atoms with van der Waals surface area (Å²) in [5.41, 5.74) is 6.42.